The maximum Gasteiger partial charge on any atom is 0.256 e. The van der Waals surface area contributed by atoms with Gasteiger partial charge >= 0.3 is 0 Å². The predicted octanol–water partition coefficient (Wildman–Crippen LogP) is 3.88. The lowest BCUT2D eigenvalue weighted by atomic mass is 10.1. The van der Waals surface area contributed by atoms with E-state index in [9.17, 15) is 0 Å². The molecule has 0 aromatic carbocycles. The van der Waals surface area contributed by atoms with Crippen molar-refractivity contribution in [2.24, 2.45) is 5.92 Å². The highest BCUT2D eigenvalue weighted by Gasteiger charge is 2.24. The quantitative estimate of drug-likeness (QED) is 0.687. The van der Waals surface area contributed by atoms with Gasteiger partial charge in [0.15, 0.2) is 0 Å². The Morgan fingerprint density at radius 3 is 2.91 bits per heavy atom. The summed E-state index contributed by atoms with van der Waals surface area (Å²) in [6, 6.07) is 3.88. The SMILES string of the molecule is CCOC(c1nc(-c2cn3ccc(Br)cc3n2)no1)C(C)C. The van der Waals surface area contributed by atoms with Gasteiger partial charge in [-0.25, -0.2) is 4.98 Å². The van der Waals surface area contributed by atoms with Crippen LogP contribution in [0, 0.1) is 5.92 Å². The number of hydrogen-bond acceptors (Lipinski definition) is 5. The third-order valence-corrected chi connectivity index (χ3v) is 3.78. The lowest BCUT2D eigenvalue weighted by Gasteiger charge is -2.15. The normalized spacial score (nSPS) is 13.1. The minimum atomic E-state index is -0.197. The zero-order valence-corrected chi connectivity index (χ0v) is 14.2. The summed E-state index contributed by atoms with van der Waals surface area (Å²) in [6.45, 7) is 6.68. The first-order valence-corrected chi connectivity index (χ1v) is 7.97. The molecular formula is C15H17BrN4O2. The van der Waals surface area contributed by atoms with E-state index in [4.69, 9.17) is 9.26 Å². The summed E-state index contributed by atoms with van der Waals surface area (Å²) >= 11 is 3.43. The Bertz CT molecular complexity index is 781. The molecule has 116 valence electrons. The smallest absolute Gasteiger partial charge is 0.256 e. The molecule has 0 bridgehead atoms. The number of aromatic nitrogens is 4. The van der Waals surface area contributed by atoms with Crippen LogP contribution in [0.5, 0.6) is 0 Å². The summed E-state index contributed by atoms with van der Waals surface area (Å²) in [5.74, 6) is 1.22. The maximum atomic E-state index is 5.69. The van der Waals surface area contributed by atoms with Crippen LogP contribution in [0.25, 0.3) is 17.2 Å². The molecule has 3 aromatic heterocycles. The molecule has 0 N–H and O–H groups in total. The molecule has 0 radical (unpaired) electrons. The molecule has 3 heterocycles. The summed E-state index contributed by atoms with van der Waals surface area (Å²) in [5, 5.41) is 4.04. The Labute approximate surface area is 136 Å². The van der Waals surface area contributed by atoms with Crippen molar-refractivity contribution < 1.29 is 9.26 Å². The van der Waals surface area contributed by atoms with Gasteiger partial charge in [0.2, 0.25) is 5.82 Å². The van der Waals surface area contributed by atoms with Gasteiger partial charge in [0.05, 0.1) is 0 Å². The van der Waals surface area contributed by atoms with Crippen LogP contribution in [-0.2, 0) is 4.74 Å². The predicted molar refractivity (Wildman–Crippen MR) is 85.4 cm³/mol. The molecule has 0 aliphatic rings. The van der Waals surface area contributed by atoms with E-state index in [2.05, 4.69) is 44.9 Å². The lowest BCUT2D eigenvalue weighted by Crippen LogP contribution is -2.11. The van der Waals surface area contributed by atoms with Gasteiger partial charge in [0.25, 0.3) is 5.89 Å². The van der Waals surface area contributed by atoms with Crippen molar-refractivity contribution in [2.45, 2.75) is 26.9 Å². The highest BCUT2D eigenvalue weighted by molar-refractivity contribution is 9.10. The van der Waals surface area contributed by atoms with E-state index in [1.54, 1.807) is 0 Å². The fourth-order valence-corrected chi connectivity index (χ4v) is 2.57. The van der Waals surface area contributed by atoms with E-state index in [1.165, 1.54) is 0 Å². The van der Waals surface area contributed by atoms with Crippen LogP contribution in [0.2, 0.25) is 0 Å². The second kappa shape index (κ2) is 6.18. The first-order valence-electron chi connectivity index (χ1n) is 7.18. The highest BCUT2D eigenvalue weighted by atomic mass is 79.9. The molecule has 0 amide bonds. The molecule has 3 aromatic rings. The zero-order chi connectivity index (χ0) is 15.7. The van der Waals surface area contributed by atoms with Crippen molar-refractivity contribution in [2.75, 3.05) is 6.61 Å². The first kappa shape index (κ1) is 15.2. The van der Waals surface area contributed by atoms with Crippen LogP contribution in [0.3, 0.4) is 0 Å². The van der Waals surface area contributed by atoms with Gasteiger partial charge in [-0.3, -0.25) is 0 Å². The van der Waals surface area contributed by atoms with E-state index in [-0.39, 0.29) is 12.0 Å². The largest absolute Gasteiger partial charge is 0.368 e. The second-order valence-electron chi connectivity index (χ2n) is 5.31. The van der Waals surface area contributed by atoms with Gasteiger partial charge in [-0.05, 0) is 25.0 Å². The van der Waals surface area contributed by atoms with E-state index in [1.807, 2.05) is 35.9 Å². The standard InChI is InChI=1S/C15H17BrN4O2/c1-4-21-13(9(2)3)15-18-14(19-22-15)11-8-20-6-5-10(16)7-12(20)17-11/h5-9,13H,4H2,1-3H3. The Balaban J connectivity index is 1.94. The minimum Gasteiger partial charge on any atom is -0.368 e. The lowest BCUT2D eigenvalue weighted by molar-refractivity contribution is 0.00701. The van der Waals surface area contributed by atoms with Crippen LogP contribution in [0.1, 0.15) is 32.8 Å². The van der Waals surface area contributed by atoms with Crippen LogP contribution >= 0.6 is 15.9 Å². The summed E-state index contributed by atoms with van der Waals surface area (Å²) in [6.07, 6.45) is 3.60. The zero-order valence-electron chi connectivity index (χ0n) is 12.7. The molecule has 0 fully saturated rings. The molecule has 0 spiro atoms. The molecule has 6 nitrogen and oxygen atoms in total. The van der Waals surface area contributed by atoms with Crippen LogP contribution in [0.4, 0.5) is 0 Å². The maximum absolute atomic E-state index is 5.69. The molecule has 1 unspecified atom stereocenters. The number of fused-ring (bicyclic) bond motifs is 1. The van der Waals surface area contributed by atoms with E-state index < -0.39 is 0 Å². The Kier molecular flexibility index (Phi) is 4.26. The van der Waals surface area contributed by atoms with Gasteiger partial charge in [-0.15, -0.1) is 0 Å². The third kappa shape index (κ3) is 2.91. The van der Waals surface area contributed by atoms with Gasteiger partial charge in [0.1, 0.15) is 17.4 Å². The fraction of sp³-hybridized carbons (Fsp3) is 0.400. The summed E-state index contributed by atoms with van der Waals surface area (Å²) in [4.78, 5) is 8.96. The number of halogens is 1. The molecule has 0 saturated heterocycles. The molecule has 22 heavy (non-hydrogen) atoms. The molecule has 7 heteroatoms. The number of imidazole rings is 1. The number of rotatable bonds is 5. The minimum absolute atomic E-state index is 0.197. The topological polar surface area (TPSA) is 65.5 Å². The van der Waals surface area contributed by atoms with E-state index >= 15 is 0 Å². The molecular weight excluding hydrogens is 348 g/mol. The summed E-state index contributed by atoms with van der Waals surface area (Å²) < 4.78 is 13.9. The van der Waals surface area contributed by atoms with Gasteiger partial charge in [-0.2, -0.15) is 4.98 Å². The molecule has 0 aliphatic carbocycles. The van der Waals surface area contributed by atoms with Crippen molar-refractivity contribution in [1.29, 1.82) is 0 Å². The second-order valence-corrected chi connectivity index (χ2v) is 6.23. The van der Waals surface area contributed by atoms with E-state index in [0.29, 0.717) is 24.0 Å². The molecule has 0 aliphatic heterocycles. The molecule has 1 atom stereocenters. The number of hydrogen-bond donors (Lipinski definition) is 0. The van der Waals surface area contributed by atoms with Crippen molar-refractivity contribution in [1.82, 2.24) is 19.5 Å². The number of nitrogens with zero attached hydrogens (tertiary/aromatic N) is 4. The average Bonchev–Trinajstić information content (AvgIpc) is 3.09. The average molecular weight is 365 g/mol. The third-order valence-electron chi connectivity index (χ3n) is 3.29. The monoisotopic (exact) mass is 364 g/mol. The van der Waals surface area contributed by atoms with Gasteiger partial charge in [-0.1, -0.05) is 34.9 Å². The van der Waals surface area contributed by atoms with Crippen LogP contribution < -0.4 is 0 Å². The van der Waals surface area contributed by atoms with E-state index in [0.717, 1.165) is 10.1 Å². The molecule has 3 rings (SSSR count). The Hall–Kier alpha value is -1.73. The van der Waals surface area contributed by atoms with Crippen LogP contribution in [0.15, 0.2) is 33.5 Å². The molecule has 0 saturated carbocycles. The Morgan fingerprint density at radius 1 is 1.36 bits per heavy atom. The summed E-state index contributed by atoms with van der Waals surface area (Å²) in [7, 11) is 0. The van der Waals surface area contributed by atoms with Crippen molar-refractivity contribution in [3.63, 3.8) is 0 Å². The fourth-order valence-electron chi connectivity index (χ4n) is 2.25. The van der Waals surface area contributed by atoms with Crippen molar-refractivity contribution >= 4 is 21.6 Å². The summed E-state index contributed by atoms with van der Waals surface area (Å²) in [5.41, 5.74) is 1.49. The number of ether oxygens (including phenoxy) is 1. The van der Waals surface area contributed by atoms with Crippen molar-refractivity contribution in [3.05, 3.63) is 34.9 Å². The van der Waals surface area contributed by atoms with Crippen LogP contribution in [-0.4, -0.2) is 26.1 Å². The highest BCUT2D eigenvalue weighted by Crippen LogP contribution is 2.26. The first-order chi connectivity index (χ1) is 10.6. The van der Waals surface area contributed by atoms with Gasteiger partial charge < -0.3 is 13.7 Å². The van der Waals surface area contributed by atoms with Crippen molar-refractivity contribution in [3.8, 4) is 11.5 Å². The Morgan fingerprint density at radius 2 is 2.18 bits per heavy atom. The number of pyridine rings is 1. The van der Waals surface area contributed by atoms with Gasteiger partial charge in [0, 0.05) is 23.5 Å².